The van der Waals surface area contributed by atoms with E-state index in [1.54, 1.807) is 25.1 Å². The van der Waals surface area contributed by atoms with Crippen LogP contribution < -0.4 is 5.73 Å². The summed E-state index contributed by atoms with van der Waals surface area (Å²) >= 11 is 6.04. The molecule has 2 aromatic rings. The molecule has 0 saturated carbocycles. The van der Waals surface area contributed by atoms with E-state index < -0.39 is 33.8 Å². The van der Waals surface area contributed by atoms with Crippen LogP contribution in [0.15, 0.2) is 47.4 Å². The van der Waals surface area contributed by atoms with Crippen molar-refractivity contribution in [2.45, 2.75) is 23.8 Å². The third-order valence-corrected chi connectivity index (χ3v) is 6.36. The molecule has 1 heterocycles. The molecule has 0 bridgehead atoms. The van der Waals surface area contributed by atoms with Crippen molar-refractivity contribution in [3.63, 3.8) is 0 Å². The van der Waals surface area contributed by atoms with E-state index >= 15 is 0 Å². The van der Waals surface area contributed by atoms with Gasteiger partial charge in [-0.15, -0.1) is 0 Å². The smallest absolute Gasteiger partial charge is 0.340 e. The maximum atomic E-state index is 12.9. The van der Waals surface area contributed by atoms with Crippen molar-refractivity contribution >= 4 is 44.5 Å². The summed E-state index contributed by atoms with van der Waals surface area (Å²) in [5.74, 6) is -1.89. The number of carbonyl (C=O) groups excluding carboxylic acids is 1. The number of carboxylic acid groups (broad SMARTS) is 1. The Morgan fingerprint density at radius 1 is 1.20 bits per heavy atom. The highest BCUT2D eigenvalue weighted by Gasteiger charge is 2.49. The zero-order chi connectivity index (χ0) is 22.3. The number of aliphatic carboxylic acids is 1. The number of ether oxygens (including phenoxy) is 1. The van der Waals surface area contributed by atoms with Crippen molar-refractivity contribution in [1.82, 2.24) is 0 Å². The Morgan fingerprint density at radius 2 is 1.83 bits per heavy atom. The zero-order valence-electron chi connectivity index (χ0n) is 16.3. The van der Waals surface area contributed by atoms with Crippen LogP contribution in [0.3, 0.4) is 0 Å². The van der Waals surface area contributed by atoms with E-state index in [0.717, 1.165) is 6.26 Å². The van der Waals surface area contributed by atoms with Crippen LogP contribution in [0.25, 0.3) is 11.1 Å². The van der Waals surface area contributed by atoms with Crippen molar-refractivity contribution in [1.29, 1.82) is 0 Å². The van der Waals surface area contributed by atoms with Gasteiger partial charge < -0.3 is 15.6 Å². The quantitative estimate of drug-likeness (QED) is 0.649. The molecule has 3 rings (SSSR count). The van der Waals surface area contributed by atoms with Crippen molar-refractivity contribution in [2.75, 3.05) is 12.8 Å². The number of halogens is 1. The second-order valence-corrected chi connectivity index (χ2v) is 9.62. The average Bonchev–Trinajstić information content (AvgIpc) is 2.93. The van der Waals surface area contributed by atoms with E-state index in [2.05, 4.69) is 0 Å². The van der Waals surface area contributed by atoms with E-state index in [4.69, 9.17) is 22.1 Å². The van der Waals surface area contributed by atoms with Gasteiger partial charge in [-0.3, -0.25) is 4.79 Å². The van der Waals surface area contributed by atoms with Crippen molar-refractivity contribution < 1.29 is 27.9 Å². The molecule has 0 saturated heterocycles. The standard InChI is InChI=1S/C21H20ClNO6S/c1-12-9-14(22)5-8-16(12)18-19(13-3-6-15(7-4-13)30(2,27)28)21(11-23,10-17(24)25)29-20(18)26/h3-9H,10-11,23H2,1-2H3,(H,24,25). The number of hydrogen-bond acceptors (Lipinski definition) is 6. The number of rotatable bonds is 6. The van der Waals surface area contributed by atoms with Gasteiger partial charge in [0.05, 0.1) is 16.9 Å². The van der Waals surface area contributed by atoms with Crippen LogP contribution in [0.5, 0.6) is 0 Å². The summed E-state index contributed by atoms with van der Waals surface area (Å²) < 4.78 is 29.2. The van der Waals surface area contributed by atoms with Gasteiger partial charge in [-0.1, -0.05) is 29.8 Å². The predicted octanol–water partition coefficient (Wildman–Crippen LogP) is 2.69. The Balaban J connectivity index is 2.33. The first-order valence-electron chi connectivity index (χ1n) is 8.95. The maximum absolute atomic E-state index is 12.9. The number of carbonyl (C=O) groups is 2. The largest absolute Gasteiger partial charge is 0.481 e. The van der Waals surface area contributed by atoms with Gasteiger partial charge in [-0.25, -0.2) is 13.2 Å². The van der Waals surface area contributed by atoms with Gasteiger partial charge in [0, 0.05) is 23.4 Å². The van der Waals surface area contributed by atoms with Crippen LogP contribution in [0, 0.1) is 6.92 Å². The number of benzene rings is 2. The molecule has 2 aromatic carbocycles. The molecule has 1 aliphatic heterocycles. The van der Waals surface area contributed by atoms with Crippen molar-refractivity contribution in [3.8, 4) is 0 Å². The highest BCUT2D eigenvalue weighted by molar-refractivity contribution is 7.90. The molecule has 1 atom stereocenters. The van der Waals surface area contributed by atoms with Gasteiger partial charge in [-0.05, 0) is 47.9 Å². The van der Waals surface area contributed by atoms with Crippen LogP contribution in [0.2, 0.25) is 5.02 Å². The molecule has 0 aromatic heterocycles. The van der Waals surface area contributed by atoms with E-state index in [1.807, 2.05) is 0 Å². The van der Waals surface area contributed by atoms with E-state index in [9.17, 15) is 23.1 Å². The number of aryl methyl sites for hydroxylation is 1. The SMILES string of the molecule is Cc1cc(Cl)ccc1C1=C(c2ccc(S(C)(=O)=O)cc2)C(CN)(CC(=O)O)OC1=O. The second-order valence-electron chi connectivity index (χ2n) is 7.16. The number of nitrogens with two attached hydrogens (primary N) is 1. The highest BCUT2D eigenvalue weighted by atomic mass is 35.5. The fourth-order valence-electron chi connectivity index (χ4n) is 3.62. The average molecular weight is 450 g/mol. The second kappa shape index (κ2) is 7.86. The van der Waals surface area contributed by atoms with Gasteiger partial charge in [0.2, 0.25) is 0 Å². The molecule has 7 nitrogen and oxygen atoms in total. The lowest BCUT2D eigenvalue weighted by Gasteiger charge is -2.28. The fraction of sp³-hybridized carbons (Fsp3) is 0.238. The normalized spacial score (nSPS) is 19.1. The van der Waals surface area contributed by atoms with Gasteiger partial charge in [-0.2, -0.15) is 0 Å². The number of cyclic esters (lactones) is 1. The molecule has 1 aliphatic rings. The lowest BCUT2D eigenvalue weighted by molar-refractivity contribution is -0.150. The summed E-state index contributed by atoms with van der Waals surface area (Å²) in [5.41, 5.74) is 6.50. The van der Waals surface area contributed by atoms with E-state index in [-0.39, 0.29) is 17.0 Å². The molecule has 0 amide bonds. The van der Waals surface area contributed by atoms with Crippen LogP contribution in [-0.2, 0) is 24.2 Å². The molecule has 9 heteroatoms. The molecule has 30 heavy (non-hydrogen) atoms. The lowest BCUT2D eigenvalue weighted by Crippen LogP contribution is -2.42. The number of carboxylic acids is 1. The highest BCUT2D eigenvalue weighted by Crippen LogP contribution is 2.46. The summed E-state index contributed by atoms with van der Waals surface area (Å²) in [6.45, 7) is 1.51. The van der Waals surface area contributed by atoms with Crippen molar-refractivity contribution in [2.24, 2.45) is 5.73 Å². The van der Waals surface area contributed by atoms with Crippen LogP contribution in [-0.4, -0.2) is 43.9 Å². The topological polar surface area (TPSA) is 124 Å². The van der Waals surface area contributed by atoms with Crippen LogP contribution in [0.1, 0.15) is 23.1 Å². The Kier molecular flexibility index (Phi) is 5.77. The monoisotopic (exact) mass is 449 g/mol. The van der Waals surface area contributed by atoms with Crippen LogP contribution in [0.4, 0.5) is 0 Å². The lowest BCUT2D eigenvalue weighted by atomic mass is 9.82. The van der Waals surface area contributed by atoms with Gasteiger partial charge in [0.1, 0.15) is 0 Å². The predicted molar refractivity (Wildman–Crippen MR) is 113 cm³/mol. The number of hydrogen-bond donors (Lipinski definition) is 2. The van der Waals surface area contributed by atoms with Gasteiger partial charge >= 0.3 is 11.9 Å². The third-order valence-electron chi connectivity index (χ3n) is 4.99. The van der Waals surface area contributed by atoms with Crippen molar-refractivity contribution in [3.05, 3.63) is 64.2 Å². The van der Waals surface area contributed by atoms with Crippen LogP contribution >= 0.6 is 11.6 Å². The molecular weight excluding hydrogens is 430 g/mol. The first kappa shape index (κ1) is 22.0. The zero-order valence-corrected chi connectivity index (χ0v) is 17.9. The molecule has 0 fully saturated rings. The molecular formula is C21H20ClNO6S. The van der Waals surface area contributed by atoms with Gasteiger partial charge in [0.25, 0.3) is 0 Å². The third kappa shape index (κ3) is 3.98. The Hall–Kier alpha value is -2.68. The minimum absolute atomic E-state index is 0.0953. The summed E-state index contributed by atoms with van der Waals surface area (Å²) in [5, 5.41) is 9.94. The molecule has 1 unspecified atom stereocenters. The molecule has 0 radical (unpaired) electrons. The fourth-order valence-corrected chi connectivity index (χ4v) is 4.48. The maximum Gasteiger partial charge on any atom is 0.340 e. The first-order chi connectivity index (χ1) is 14.0. The number of sulfone groups is 1. The van der Waals surface area contributed by atoms with E-state index in [0.29, 0.717) is 27.3 Å². The summed E-state index contributed by atoms with van der Waals surface area (Å²) in [7, 11) is -3.43. The molecule has 3 N–H and O–H groups in total. The summed E-state index contributed by atoms with van der Waals surface area (Å²) in [4.78, 5) is 24.6. The Labute approximate surface area is 179 Å². The van der Waals surface area contributed by atoms with Gasteiger partial charge in [0.15, 0.2) is 15.4 Å². The Morgan fingerprint density at radius 3 is 2.33 bits per heavy atom. The molecule has 158 valence electrons. The number of esters is 1. The minimum Gasteiger partial charge on any atom is -0.481 e. The molecule has 0 spiro atoms. The first-order valence-corrected chi connectivity index (χ1v) is 11.2. The van der Waals surface area contributed by atoms with E-state index in [1.165, 1.54) is 24.3 Å². The summed E-state index contributed by atoms with van der Waals surface area (Å²) in [6, 6.07) is 10.8. The molecule has 0 aliphatic carbocycles. The Bertz CT molecular complexity index is 1170. The minimum atomic E-state index is -3.43. The summed E-state index contributed by atoms with van der Waals surface area (Å²) in [6.07, 6.45) is 0.551.